The number of esters is 1. The molecule has 31 heavy (non-hydrogen) atoms. The number of hydrogen-bond acceptors (Lipinski definition) is 7. The van der Waals surface area contributed by atoms with Crippen molar-refractivity contribution < 1.29 is 31.4 Å². The van der Waals surface area contributed by atoms with Crippen LogP contribution in [0, 0.1) is 0 Å². The van der Waals surface area contributed by atoms with Gasteiger partial charge in [0.2, 0.25) is 0 Å². The normalized spacial score (nSPS) is 14.4. The fourth-order valence-corrected chi connectivity index (χ4v) is 17.3. The van der Waals surface area contributed by atoms with Crippen LogP contribution in [0.15, 0.2) is 12.2 Å². The monoisotopic (exact) mass is 510 g/mol. The summed E-state index contributed by atoms with van der Waals surface area (Å²) in [4.78, 5) is 11.5. The van der Waals surface area contributed by atoms with E-state index in [2.05, 4.69) is 65.5 Å². The molecule has 11 heteroatoms. The van der Waals surface area contributed by atoms with E-state index < -0.39 is 39.7 Å². The van der Waals surface area contributed by atoms with Crippen LogP contribution in [-0.4, -0.2) is 72.8 Å². The topological polar surface area (TPSA) is 72.5 Å². The fourth-order valence-electron chi connectivity index (χ4n) is 2.70. The highest BCUT2D eigenvalue weighted by molar-refractivity contribution is 6.90. The predicted molar refractivity (Wildman–Crippen MR) is 136 cm³/mol. The highest BCUT2D eigenvalue weighted by atomic mass is 28.5. The number of carbonyl (C=O) groups excluding carboxylic acids is 1. The highest BCUT2D eigenvalue weighted by Gasteiger charge is 2.49. The maximum absolute atomic E-state index is 11.5. The Morgan fingerprint density at radius 1 is 0.839 bits per heavy atom. The molecular formula is C20H46O7Si4. The third-order valence-electron chi connectivity index (χ3n) is 3.54. The third kappa shape index (κ3) is 16.2. The first-order valence-corrected chi connectivity index (χ1v) is 23.1. The molecule has 0 saturated heterocycles. The van der Waals surface area contributed by atoms with Gasteiger partial charge in [-0.15, -0.1) is 0 Å². The molecule has 1 atom stereocenters. The summed E-state index contributed by atoms with van der Waals surface area (Å²) in [6.45, 7) is 25.8. The van der Waals surface area contributed by atoms with Crippen LogP contribution < -0.4 is 0 Å². The molecule has 0 spiro atoms. The lowest BCUT2D eigenvalue weighted by Crippen LogP contribution is -2.60. The summed E-state index contributed by atoms with van der Waals surface area (Å²) in [6, 6.07) is 0.730. The molecule has 0 rings (SSSR count). The van der Waals surface area contributed by atoms with E-state index in [0.29, 0.717) is 18.8 Å². The lowest BCUT2D eigenvalue weighted by molar-refractivity contribution is -0.144. The summed E-state index contributed by atoms with van der Waals surface area (Å²) in [7, 11) is -6.89. The van der Waals surface area contributed by atoms with Gasteiger partial charge in [-0.2, -0.15) is 0 Å². The predicted octanol–water partition coefficient (Wildman–Crippen LogP) is 5.02. The van der Waals surface area contributed by atoms with E-state index in [0.717, 1.165) is 12.5 Å². The molecule has 0 fully saturated rings. The summed E-state index contributed by atoms with van der Waals surface area (Å²) < 4.78 is 36.3. The Balaban J connectivity index is 4.97. The van der Waals surface area contributed by atoms with Gasteiger partial charge < -0.3 is 26.6 Å². The van der Waals surface area contributed by atoms with Crippen molar-refractivity contribution in [3.8, 4) is 0 Å². The van der Waals surface area contributed by atoms with Crippen molar-refractivity contribution in [2.75, 3.05) is 26.9 Å². The molecule has 0 heterocycles. The highest BCUT2D eigenvalue weighted by Crippen LogP contribution is 2.29. The lowest BCUT2D eigenvalue weighted by atomic mass is 10.3. The van der Waals surface area contributed by atoms with Crippen molar-refractivity contribution in [3.63, 3.8) is 0 Å². The molecule has 0 saturated carbocycles. The second kappa shape index (κ2) is 12.9. The Labute approximate surface area is 194 Å². The second-order valence-corrected chi connectivity index (χ2v) is 27.7. The van der Waals surface area contributed by atoms with Crippen LogP contribution in [0.1, 0.15) is 13.3 Å². The Kier molecular flexibility index (Phi) is 12.9. The first-order valence-electron chi connectivity index (χ1n) is 10.9. The van der Waals surface area contributed by atoms with Crippen LogP contribution in [0.5, 0.6) is 0 Å². The summed E-state index contributed by atoms with van der Waals surface area (Å²) >= 11 is 0. The van der Waals surface area contributed by atoms with Crippen molar-refractivity contribution >= 4 is 39.7 Å². The van der Waals surface area contributed by atoms with Gasteiger partial charge in [-0.1, -0.05) is 6.58 Å². The minimum absolute atomic E-state index is 0.136. The smallest absolute Gasteiger partial charge is 0.459 e. The van der Waals surface area contributed by atoms with Gasteiger partial charge in [-0.25, -0.2) is 4.79 Å². The Morgan fingerprint density at radius 3 is 1.65 bits per heavy atom. The number of ether oxygens (including phenoxy) is 3. The third-order valence-corrected chi connectivity index (χ3v) is 15.6. The van der Waals surface area contributed by atoms with Crippen LogP contribution in [0.4, 0.5) is 0 Å². The number of methoxy groups -OCH3 is 1. The molecule has 0 radical (unpaired) electrons. The average molecular weight is 511 g/mol. The van der Waals surface area contributed by atoms with Gasteiger partial charge in [0.1, 0.15) is 12.7 Å². The molecule has 184 valence electrons. The Morgan fingerprint density at radius 2 is 1.29 bits per heavy atom. The molecule has 0 N–H and O–H groups in total. The molecule has 1 unspecified atom stereocenters. The molecule has 7 nitrogen and oxygen atoms in total. The maximum atomic E-state index is 11.5. The Hall–Kier alpha value is -0.122. The maximum Gasteiger partial charge on any atom is 0.469 e. The minimum atomic E-state index is -2.84. The van der Waals surface area contributed by atoms with Crippen LogP contribution >= 0.6 is 0 Å². The largest absolute Gasteiger partial charge is 0.469 e. The molecule has 0 aliphatic carbocycles. The summed E-state index contributed by atoms with van der Waals surface area (Å²) in [5.74, 6) is -0.423. The quantitative estimate of drug-likeness (QED) is 0.125. The number of rotatable bonds is 16. The standard InChI is InChI=1S/C20H46O7Si4/c1-18(2)20(21)24-17-19(22-3)16-23-14-13-15-31(25-28(4,5)6,26-29(7,8)9)27-30(10,11)12/h19H,1,13-17H2,2-12H3. The molecule has 0 aliphatic heterocycles. The summed E-state index contributed by atoms with van der Waals surface area (Å²) in [6.07, 6.45) is 0.452. The van der Waals surface area contributed by atoms with Gasteiger partial charge in [0.15, 0.2) is 25.0 Å². The molecule has 0 aromatic rings. The first kappa shape index (κ1) is 30.9. The first-order chi connectivity index (χ1) is 13.9. The molecule has 0 aliphatic rings. The van der Waals surface area contributed by atoms with Gasteiger partial charge in [0.25, 0.3) is 0 Å². The molecule has 0 aromatic carbocycles. The Bertz CT molecular complexity index is 525. The van der Waals surface area contributed by atoms with Gasteiger partial charge in [0, 0.05) is 25.3 Å². The molecule has 0 aromatic heterocycles. The van der Waals surface area contributed by atoms with E-state index in [4.69, 9.17) is 26.6 Å². The average Bonchev–Trinajstić information content (AvgIpc) is 2.51. The van der Waals surface area contributed by atoms with Crippen LogP contribution in [0.2, 0.25) is 65.0 Å². The van der Waals surface area contributed by atoms with E-state index >= 15 is 0 Å². The number of hydrogen-bond donors (Lipinski definition) is 0. The van der Waals surface area contributed by atoms with Gasteiger partial charge >= 0.3 is 14.8 Å². The zero-order valence-electron chi connectivity index (χ0n) is 21.7. The molecular weight excluding hydrogens is 465 g/mol. The van der Waals surface area contributed by atoms with Crippen LogP contribution in [-0.2, 0) is 31.4 Å². The second-order valence-electron chi connectivity index (χ2n) is 10.7. The zero-order chi connectivity index (χ0) is 24.5. The summed E-state index contributed by atoms with van der Waals surface area (Å²) in [5, 5.41) is 0. The van der Waals surface area contributed by atoms with Crippen molar-refractivity contribution in [2.45, 2.75) is 84.4 Å². The van der Waals surface area contributed by atoms with Gasteiger partial charge in [-0.05, 0) is 72.3 Å². The van der Waals surface area contributed by atoms with Crippen molar-refractivity contribution in [2.24, 2.45) is 0 Å². The molecule has 0 bridgehead atoms. The van der Waals surface area contributed by atoms with E-state index in [9.17, 15) is 4.79 Å². The SMILES string of the molecule is C=C(C)C(=O)OCC(COCCC[Si](O[Si](C)(C)C)(O[Si](C)(C)C)O[Si](C)(C)C)OC. The fraction of sp³-hybridized carbons (Fsp3) is 0.850. The zero-order valence-corrected chi connectivity index (χ0v) is 25.7. The van der Waals surface area contributed by atoms with Crippen LogP contribution in [0.3, 0.4) is 0 Å². The number of carbonyl (C=O) groups is 1. The van der Waals surface area contributed by atoms with E-state index in [1.807, 2.05) is 0 Å². The van der Waals surface area contributed by atoms with Crippen molar-refractivity contribution in [3.05, 3.63) is 12.2 Å². The lowest BCUT2D eigenvalue weighted by Gasteiger charge is -2.42. The van der Waals surface area contributed by atoms with Crippen molar-refractivity contribution in [1.82, 2.24) is 0 Å². The van der Waals surface area contributed by atoms with E-state index in [1.165, 1.54) is 0 Å². The summed E-state index contributed by atoms with van der Waals surface area (Å²) in [5.41, 5.74) is 0.365. The van der Waals surface area contributed by atoms with Crippen molar-refractivity contribution in [1.29, 1.82) is 0 Å². The molecule has 0 amide bonds. The van der Waals surface area contributed by atoms with Gasteiger partial charge in [0.05, 0.1) is 6.61 Å². The van der Waals surface area contributed by atoms with Crippen LogP contribution in [0.25, 0.3) is 0 Å². The minimum Gasteiger partial charge on any atom is -0.459 e. The van der Waals surface area contributed by atoms with E-state index in [1.54, 1.807) is 14.0 Å². The van der Waals surface area contributed by atoms with Gasteiger partial charge in [-0.3, -0.25) is 0 Å². The van der Waals surface area contributed by atoms with E-state index in [-0.39, 0.29) is 12.7 Å².